The molecule has 1 amide bonds. The minimum absolute atomic E-state index is 0.176. The molecule has 2 aromatic rings. The Kier molecular flexibility index (Phi) is 7.36. The summed E-state index contributed by atoms with van der Waals surface area (Å²) in [6, 6.07) is 10.3. The maximum atomic E-state index is 12.9. The van der Waals surface area contributed by atoms with Crippen LogP contribution in [0.2, 0.25) is 0 Å². The molecule has 9 heteroatoms. The van der Waals surface area contributed by atoms with Crippen LogP contribution >= 0.6 is 11.8 Å². The number of hydrogen-bond acceptors (Lipinski definition) is 6. The van der Waals surface area contributed by atoms with Gasteiger partial charge in [-0.05, 0) is 63.4 Å². The van der Waals surface area contributed by atoms with Gasteiger partial charge in [-0.2, -0.15) is 9.57 Å². The zero-order valence-corrected chi connectivity index (χ0v) is 19.5. The van der Waals surface area contributed by atoms with Gasteiger partial charge in [0, 0.05) is 24.5 Å². The van der Waals surface area contributed by atoms with Crippen LogP contribution in [0.25, 0.3) is 0 Å². The molecule has 0 saturated carbocycles. The number of rotatable bonds is 6. The number of amides is 1. The van der Waals surface area contributed by atoms with Crippen molar-refractivity contribution < 1.29 is 13.2 Å². The lowest BCUT2D eigenvalue weighted by Crippen LogP contribution is -2.35. The van der Waals surface area contributed by atoms with E-state index in [9.17, 15) is 18.5 Å². The maximum Gasteiger partial charge on any atom is 0.243 e. The first-order chi connectivity index (χ1) is 14.7. The zero-order chi connectivity index (χ0) is 22.6. The summed E-state index contributed by atoms with van der Waals surface area (Å²) in [5.74, 6) is -0.289. The lowest BCUT2D eigenvalue weighted by molar-refractivity contribution is -0.115. The molecule has 0 spiro atoms. The average molecular weight is 459 g/mol. The van der Waals surface area contributed by atoms with Crippen LogP contribution in [0.4, 0.5) is 5.69 Å². The number of carbonyl (C=O) groups excluding carboxylic acids is 1. The predicted octanol–water partition coefficient (Wildman–Crippen LogP) is 3.86. The Balaban J connectivity index is 1.74. The van der Waals surface area contributed by atoms with E-state index in [2.05, 4.69) is 16.4 Å². The summed E-state index contributed by atoms with van der Waals surface area (Å²) in [5, 5.41) is 12.2. The van der Waals surface area contributed by atoms with Crippen molar-refractivity contribution in [3.63, 3.8) is 0 Å². The number of nitrogens with zero attached hydrogens (tertiary/aromatic N) is 3. The molecular formula is C22H26N4O3S2. The number of aromatic nitrogens is 1. The van der Waals surface area contributed by atoms with Gasteiger partial charge in [-0.25, -0.2) is 13.4 Å². The van der Waals surface area contributed by atoms with Crippen molar-refractivity contribution in [1.29, 1.82) is 5.26 Å². The van der Waals surface area contributed by atoms with E-state index >= 15 is 0 Å². The molecule has 1 N–H and O–H groups in total. The lowest BCUT2D eigenvalue weighted by Gasteiger charge is -2.26. The first kappa shape index (κ1) is 23.3. The smallest absolute Gasteiger partial charge is 0.243 e. The van der Waals surface area contributed by atoms with Gasteiger partial charge in [0.1, 0.15) is 11.1 Å². The fraction of sp³-hybridized carbons (Fsp3) is 0.409. The Morgan fingerprint density at radius 1 is 1.23 bits per heavy atom. The van der Waals surface area contributed by atoms with Crippen LogP contribution in [0.5, 0.6) is 0 Å². The first-order valence-corrected chi connectivity index (χ1v) is 12.5. The molecule has 0 bridgehead atoms. The second-order valence-electron chi connectivity index (χ2n) is 7.61. The van der Waals surface area contributed by atoms with Crippen molar-refractivity contribution >= 4 is 33.4 Å². The van der Waals surface area contributed by atoms with E-state index < -0.39 is 15.3 Å². The highest BCUT2D eigenvalue weighted by Crippen LogP contribution is 2.28. The number of pyridine rings is 1. The van der Waals surface area contributed by atoms with Crippen LogP contribution in [0, 0.1) is 25.2 Å². The molecular weight excluding hydrogens is 432 g/mol. The van der Waals surface area contributed by atoms with Crippen LogP contribution < -0.4 is 5.32 Å². The molecule has 1 aliphatic heterocycles. The SMILES string of the molecule is Cc1cc(C)c(C#N)c(SC(C)C(=O)Nc2cccc(S(=O)(=O)N3CCCCC3)c2)n1. The number of thioether (sulfide) groups is 1. The maximum absolute atomic E-state index is 12.9. The third-order valence-corrected chi connectivity index (χ3v) is 8.12. The van der Waals surface area contributed by atoms with Gasteiger partial charge in [-0.15, -0.1) is 0 Å². The van der Waals surface area contributed by atoms with Crippen molar-refractivity contribution in [2.45, 2.75) is 55.2 Å². The highest BCUT2D eigenvalue weighted by atomic mass is 32.2. The second kappa shape index (κ2) is 9.81. The monoisotopic (exact) mass is 458 g/mol. The molecule has 3 rings (SSSR count). The van der Waals surface area contributed by atoms with E-state index in [0.29, 0.717) is 29.4 Å². The lowest BCUT2D eigenvalue weighted by atomic mass is 10.1. The number of piperidine rings is 1. The number of benzene rings is 1. The summed E-state index contributed by atoms with van der Waals surface area (Å²) in [7, 11) is -3.58. The van der Waals surface area contributed by atoms with Gasteiger partial charge in [0.15, 0.2) is 0 Å². The van der Waals surface area contributed by atoms with E-state index in [1.807, 2.05) is 19.9 Å². The van der Waals surface area contributed by atoms with Gasteiger partial charge in [0.25, 0.3) is 0 Å². The number of sulfonamides is 1. The van der Waals surface area contributed by atoms with Crippen LogP contribution in [-0.2, 0) is 14.8 Å². The molecule has 164 valence electrons. The molecule has 1 unspecified atom stereocenters. The molecule has 1 atom stereocenters. The highest BCUT2D eigenvalue weighted by molar-refractivity contribution is 8.00. The van der Waals surface area contributed by atoms with Crippen LogP contribution in [-0.4, -0.2) is 42.0 Å². The molecule has 1 aliphatic rings. The van der Waals surface area contributed by atoms with Gasteiger partial charge in [-0.1, -0.05) is 24.2 Å². The standard InChI is InChI=1S/C22H26N4O3S2/c1-15-12-16(2)24-22(20(15)14-23)30-17(3)21(27)25-18-8-7-9-19(13-18)31(28,29)26-10-5-4-6-11-26/h7-9,12-13,17H,4-6,10-11H2,1-3H3,(H,25,27). The predicted molar refractivity (Wildman–Crippen MR) is 121 cm³/mol. The highest BCUT2D eigenvalue weighted by Gasteiger charge is 2.26. The summed E-state index contributed by atoms with van der Waals surface area (Å²) in [6.07, 6.45) is 2.77. The van der Waals surface area contributed by atoms with Crippen molar-refractivity contribution in [2.24, 2.45) is 0 Å². The third-order valence-electron chi connectivity index (χ3n) is 5.14. The van der Waals surface area contributed by atoms with E-state index in [1.165, 1.54) is 22.1 Å². The van der Waals surface area contributed by atoms with Crippen molar-refractivity contribution in [2.75, 3.05) is 18.4 Å². The number of hydrogen-bond donors (Lipinski definition) is 1. The molecule has 1 saturated heterocycles. The molecule has 0 radical (unpaired) electrons. The largest absolute Gasteiger partial charge is 0.325 e. The van der Waals surface area contributed by atoms with E-state index in [-0.39, 0.29) is 10.8 Å². The van der Waals surface area contributed by atoms with Gasteiger partial charge in [-0.3, -0.25) is 4.79 Å². The molecule has 7 nitrogen and oxygen atoms in total. The van der Waals surface area contributed by atoms with Gasteiger partial charge >= 0.3 is 0 Å². The van der Waals surface area contributed by atoms with Gasteiger partial charge in [0.2, 0.25) is 15.9 Å². The zero-order valence-electron chi connectivity index (χ0n) is 17.9. The van der Waals surface area contributed by atoms with E-state index in [0.717, 1.165) is 30.5 Å². The molecule has 31 heavy (non-hydrogen) atoms. The fourth-order valence-electron chi connectivity index (χ4n) is 3.48. The molecule has 1 fully saturated rings. The van der Waals surface area contributed by atoms with Gasteiger partial charge in [0.05, 0.1) is 15.7 Å². The quantitative estimate of drug-likeness (QED) is 0.659. The Bertz CT molecular complexity index is 1120. The minimum atomic E-state index is -3.58. The topological polar surface area (TPSA) is 103 Å². The van der Waals surface area contributed by atoms with Crippen LogP contribution in [0.1, 0.15) is 43.0 Å². The first-order valence-electron chi connectivity index (χ1n) is 10.2. The number of nitrogens with one attached hydrogen (secondary N) is 1. The fourth-order valence-corrected chi connectivity index (χ4v) is 6.06. The second-order valence-corrected chi connectivity index (χ2v) is 10.9. The number of anilines is 1. The Morgan fingerprint density at radius 2 is 1.94 bits per heavy atom. The molecule has 1 aromatic carbocycles. The van der Waals surface area contributed by atoms with Crippen molar-refractivity contribution in [3.8, 4) is 6.07 Å². The summed E-state index contributed by atoms with van der Waals surface area (Å²) in [4.78, 5) is 17.3. The summed E-state index contributed by atoms with van der Waals surface area (Å²) in [6.45, 7) is 6.47. The number of nitriles is 1. The molecule has 0 aliphatic carbocycles. The van der Waals surface area contributed by atoms with Crippen LogP contribution in [0.15, 0.2) is 40.3 Å². The Labute approximate surface area is 187 Å². The van der Waals surface area contributed by atoms with Crippen LogP contribution in [0.3, 0.4) is 0 Å². The number of aryl methyl sites for hydroxylation is 2. The summed E-state index contributed by atoms with van der Waals surface area (Å²) < 4.78 is 27.3. The molecule has 2 heterocycles. The van der Waals surface area contributed by atoms with Crippen molar-refractivity contribution in [3.05, 3.63) is 47.2 Å². The summed E-state index contributed by atoms with van der Waals surface area (Å²) >= 11 is 1.21. The Morgan fingerprint density at radius 3 is 2.61 bits per heavy atom. The third kappa shape index (κ3) is 5.45. The minimum Gasteiger partial charge on any atom is -0.325 e. The van der Waals surface area contributed by atoms with Crippen molar-refractivity contribution in [1.82, 2.24) is 9.29 Å². The molecule has 1 aromatic heterocycles. The average Bonchev–Trinajstić information content (AvgIpc) is 2.74. The normalized spacial score (nSPS) is 15.8. The van der Waals surface area contributed by atoms with E-state index in [4.69, 9.17) is 0 Å². The Hall–Kier alpha value is -2.41. The summed E-state index contributed by atoms with van der Waals surface area (Å²) in [5.41, 5.74) is 2.48. The number of carbonyl (C=O) groups is 1. The van der Waals surface area contributed by atoms with E-state index in [1.54, 1.807) is 25.1 Å². The van der Waals surface area contributed by atoms with Gasteiger partial charge < -0.3 is 5.32 Å².